The second-order valence-corrected chi connectivity index (χ2v) is 7.48. The number of anilines is 2. The van der Waals surface area contributed by atoms with Gasteiger partial charge in [-0.2, -0.15) is 13.2 Å². The third kappa shape index (κ3) is 6.83. The van der Waals surface area contributed by atoms with Crippen molar-refractivity contribution in [3.05, 3.63) is 95.6 Å². The van der Waals surface area contributed by atoms with E-state index in [1.165, 1.54) is 13.0 Å². The van der Waals surface area contributed by atoms with Crippen LogP contribution in [0.1, 0.15) is 36.0 Å². The average Bonchev–Trinajstić information content (AvgIpc) is 2.78. The third-order valence-corrected chi connectivity index (χ3v) is 5.02. The first kappa shape index (κ1) is 23.8. The van der Waals surface area contributed by atoms with E-state index in [1.54, 1.807) is 0 Å². The number of rotatable bonds is 7. The van der Waals surface area contributed by atoms with Gasteiger partial charge in [0, 0.05) is 25.1 Å². The Morgan fingerprint density at radius 1 is 0.848 bits per heavy atom. The molecule has 0 unspecified atom stereocenters. The Bertz CT molecular complexity index is 1050. The van der Waals surface area contributed by atoms with E-state index < -0.39 is 29.4 Å². The van der Waals surface area contributed by atoms with E-state index in [0.29, 0.717) is 6.42 Å². The zero-order valence-electron chi connectivity index (χ0n) is 17.9. The van der Waals surface area contributed by atoms with E-state index in [1.807, 2.05) is 60.7 Å². The Morgan fingerprint density at radius 2 is 1.42 bits per heavy atom. The SMILES string of the molecule is CC(=O)Nc1ccc(NC(=O)NCCC(c2ccccc2)c2ccccc2)c(C(F)(F)F)c1. The molecule has 0 aromatic heterocycles. The summed E-state index contributed by atoms with van der Waals surface area (Å²) in [6, 6.07) is 22.1. The monoisotopic (exact) mass is 455 g/mol. The van der Waals surface area contributed by atoms with Crippen molar-refractivity contribution < 1.29 is 22.8 Å². The molecule has 3 amide bonds. The molecule has 172 valence electrons. The first-order valence-corrected chi connectivity index (χ1v) is 10.4. The molecule has 0 spiro atoms. The van der Waals surface area contributed by atoms with Gasteiger partial charge in [0.15, 0.2) is 0 Å². The van der Waals surface area contributed by atoms with Gasteiger partial charge >= 0.3 is 12.2 Å². The van der Waals surface area contributed by atoms with Crippen molar-refractivity contribution >= 4 is 23.3 Å². The molecule has 5 nitrogen and oxygen atoms in total. The van der Waals surface area contributed by atoms with Crippen molar-refractivity contribution in [2.75, 3.05) is 17.2 Å². The van der Waals surface area contributed by atoms with E-state index in [9.17, 15) is 22.8 Å². The summed E-state index contributed by atoms with van der Waals surface area (Å²) in [7, 11) is 0. The molecule has 3 aromatic carbocycles. The van der Waals surface area contributed by atoms with Crippen molar-refractivity contribution in [3.63, 3.8) is 0 Å². The average molecular weight is 455 g/mol. The smallest absolute Gasteiger partial charge is 0.338 e. The second kappa shape index (κ2) is 10.7. The van der Waals surface area contributed by atoms with Gasteiger partial charge < -0.3 is 16.0 Å². The van der Waals surface area contributed by atoms with Gasteiger partial charge in [0.25, 0.3) is 0 Å². The van der Waals surface area contributed by atoms with Crippen molar-refractivity contribution in [2.45, 2.75) is 25.4 Å². The molecule has 33 heavy (non-hydrogen) atoms. The topological polar surface area (TPSA) is 70.2 Å². The highest BCUT2D eigenvalue weighted by Gasteiger charge is 2.34. The van der Waals surface area contributed by atoms with E-state index in [-0.39, 0.29) is 18.2 Å². The highest BCUT2D eigenvalue weighted by Crippen LogP contribution is 2.36. The minimum atomic E-state index is -4.71. The first-order valence-electron chi connectivity index (χ1n) is 10.4. The van der Waals surface area contributed by atoms with Gasteiger partial charge in [-0.1, -0.05) is 60.7 Å². The Morgan fingerprint density at radius 3 is 1.94 bits per heavy atom. The van der Waals surface area contributed by atoms with Crippen LogP contribution >= 0.6 is 0 Å². The number of hydrogen-bond donors (Lipinski definition) is 3. The van der Waals surface area contributed by atoms with Crippen LogP contribution in [0.5, 0.6) is 0 Å². The van der Waals surface area contributed by atoms with Gasteiger partial charge in [-0.05, 0) is 35.7 Å². The Balaban J connectivity index is 1.67. The lowest BCUT2D eigenvalue weighted by Crippen LogP contribution is -2.31. The normalized spacial score (nSPS) is 11.2. The van der Waals surface area contributed by atoms with E-state index >= 15 is 0 Å². The van der Waals surface area contributed by atoms with Crippen molar-refractivity contribution in [3.8, 4) is 0 Å². The summed E-state index contributed by atoms with van der Waals surface area (Å²) in [6.07, 6.45) is -4.14. The summed E-state index contributed by atoms with van der Waals surface area (Å²) >= 11 is 0. The number of nitrogens with one attached hydrogen (secondary N) is 3. The lowest BCUT2D eigenvalue weighted by atomic mass is 9.88. The zero-order chi connectivity index (χ0) is 23.8. The molecule has 0 fully saturated rings. The number of urea groups is 1. The number of alkyl halides is 3. The van der Waals surface area contributed by atoms with Gasteiger partial charge in [0.05, 0.1) is 11.3 Å². The van der Waals surface area contributed by atoms with Crippen LogP contribution in [0.15, 0.2) is 78.9 Å². The maximum absolute atomic E-state index is 13.5. The molecule has 0 saturated carbocycles. The molecule has 0 saturated heterocycles. The van der Waals surface area contributed by atoms with E-state index in [2.05, 4.69) is 16.0 Å². The highest BCUT2D eigenvalue weighted by molar-refractivity contribution is 5.92. The molecule has 0 heterocycles. The van der Waals surface area contributed by atoms with Crippen LogP contribution in [0.25, 0.3) is 0 Å². The highest BCUT2D eigenvalue weighted by atomic mass is 19.4. The van der Waals surface area contributed by atoms with Crippen molar-refractivity contribution in [2.24, 2.45) is 0 Å². The molecule has 0 atom stereocenters. The second-order valence-electron chi connectivity index (χ2n) is 7.48. The van der Waals surface area contributed by atoms with Crippen LogP contribution in [0, 0.1) is 0 Å². The fourth-order valence-corrected chi connectivity index (χ4v) is 3.56. The van der Waals surface area contributed by atoms with Crippen molar-refractivity contribution in [1.29, 1.82) is 0 Å². The van der Waals surface area contributed by atoms with Crippen LogP contribution in [-0.2, 0) is 11.0 Å². The Hall–Kier alpha value is -3.81. The molecule has 0 aliphatic rings. The van der Waals surface area contributed by atoms with Gasteiger partial charge in [0.2, 0.25) is 5.91 Å². The lowest BCUT2D eigenvalue weighted by Gasteiger charge is -2.19. The number of halogens is 3. The molecule has 0 bridgehead atoms. The molecule has 0 aliphatic carbocycles. The van der Waals surface area contributed by atoms with E-state index in [0.717, 1.165) is 23.3 Å². The summed E-state index contributed by atoms with van der Waals surface area (Å²) in [5.41, 5.74) is 0.721. The predicted molar refractivity (Wildman–Crippen MR) is 122 cm³/mol. The molecular weight excluding hydrogens is 431 g/mol. The first-order chi connectivity index (χ1) is 15.7. The molecule has 3 aromatic rings. The minimum Gasteiger partial charge on any atom is -0.338 e. The molecular formula is C25H24F3N3O2. The fourth-order valence-electron chi connectivity index (χ4n) is 3.56. The summed E-state index contributed by atoms with van der Waals surface area (Å²) < 4.78 is 40.4. The van der Waals surface area contributed by atoms with Crippen LogP contribution in [0.3, 0.4) is 0 Å². The standard InChI is InChI=1S/C25H24F3N3O2/c1-17(32)30-20-12-13-23(22(16-20)25(26,27)28)31-24(33)29-15-14-21(18-8-4-2-5-9-18)19-10-6-3-7-11-19/h2-13,16,21H,14-15H2,1H3,(H,30,32)(H2,29,31,33). The lowest BCUT2D eigenvalue weighted by molar-refractivity contribution is -0.137. The number of benzene rings is 3. The van der Waals surface area contributed by atoms with Crippen molar-refractivity contribution in [1.82, 2.24) is 5.32 Å². The maximum atomic E-state index is 13.5. The largest absolute Gasteiger partial charge is 0.418 e. The quantitative estimate of drug-likeness (QED) is 0.409. The summed E-state index contributed by atoms with van der Waals surface area (Å²) in [5.74, 6) is -0.469. The van der Waals surface area contributed by atoms with Gasteiger partial charge in [-0.15, -0.1) is 0 Å². The maximum Gasteiger partial charge on any atom is 0.418 e. The van der Waals surface area contributed by atoms with Gasteiger partial charge in [-0.25, -0.2) is 4.79 Å². The van der Waals surface area contributed by atoms with Gasteiger partial charge in [0.1, 0.15) is 0 Å². The number of carbonyl (C=O) groups is 2. The minimum absolute atomic E-state index is 0.00523. The van der Waals surface area contributed by atoms with Gasteiger partial charge in [-0.3, -0.25) is 4.79 Å². The molecule has 0 radical (unpaired) electrons. The fraction of sp³-hybridized carbons (Fsp3) is 0.200. The number of amides is 3. The summed E-state index contributed by atoms with van der Waals surface area (Å²) in [5, 5.41) is 7.22. The molecule has 3 N–H and O–H groups in total. The summed E-state index contributed by atoms with van der Waals surface area (Å²) in [4.78, 5) is 23.5. The molecule has 8 heteroatoms. The van der Waals surface area contributed by atoms with Crippen LogP contribution in [-0.4, -0.2) is 18.5 Å². The Kier molecular flexibility index (Phi) is 7.71. The Labute approximate surface area is 190 Å². The molecule has 3 rings (SSSR count). The van der Waals surface area contributed by atoms with E-state index in [4.69, 9.17) is 0 Å². The molecule has 0 aliphatic heterocycles. The van der Waals surface area contributed by atoms with Crippen LogP contribution in [0.4, 0.5) is 29.3 Å². The zero-order valence-corrected chi connectivity index (χ0v) is 17.9. The van der Waals surface area contributed by atoms with Crippen LogP contribution in [0.2, 0.25) is 0 Å². The number of carbonyl (C=O) groups excluding carboxylic acids is 2. The predicted octanol–water partition coefficient (Wildman–Crippen LogP) is 6.01. The summed E-state index contributed by atoms with van der Waals surface area (Å²) in [6.45, 7) is 1.45. The van der Waals surface area contributed by atoms with Crippen LogP contribution < -0.4 is 16.0 Å². The number of hydrogen-bond acceptors (Lipinski definition) is 2. The third-order valence-electron chi connectivity index (χ3n) is 5.02.